The van der Waals surface area contributed by atoms with E-state index >= 15 is 0 Å². The third-order valence-corrected chi connectivity index (χ3v) is 2.84. The Labute approximate surface area is 105 Å². The number of aromatic hydroxyl groups is 1. The van der Waals surface area contributed by atoms with E-state index in [1.165, 1.54) is 0 Å². The molecule has 0 heterocycles. The van der Waals surface area contributed by atoms with Crippen molar-refractivity contribution in [3.05, 3.63) is 31.8 Å². The van der Waals surface area contributed by atoms with Gasteiger partial charge in [0.05, 0.1) is 4.92 Å². The van der Waals surface area contributed by atoms with E-state index in [0.29, 0.717) is 0 Å². The van der Waals surface area contributed by atoms with E-state index in [-0.39, 0.29) is 5.56 Å². The zero-order chi connectivity index (χ0) is 13.3. The maximum Gasteiger partial charge on any atom is 0.325 e. The monoisotopic (exact) mass is 280 g/mol. The Balaban J connectivity index is 3.52. The van der Waals surface area contributed by atoms with Crippen LogP contribution in [0.1, 0.15) is 11.6 Å². The smallest absolute Gasteiger partial charge is 0.325 e. The molecule has 4 N–H and O–H groups in total. The summed E-state index contributed by atoms with van der Waals surface area (Å²) >= 11 is 11.1. The molecule has 0 bridgehead atoms. The molecule has 0 aliphatic rings. The number of benzene rings is 1. The predicted octanol–water partition coefficient (Wildman–Crippen LogP) is 1.69. The number of hydrogen-bond donors (Lipinski definition) is 3. The molecule has 0 aliphatic carbocycles. The van der Waals surface area contributed by atoms with E-state index in [0.717, 1.165) is 6.07 Å². The highest BCUT2D eigenvalue weighted by molar-refractivity contribution is 6.44. The van der Waals surface area contributed by atoms with Gasteiger partial charge in [0.2, 0.25) is 0 Å². The van der Waals surface area contributed by atoms with Gasteiger partial charge in [-0.15, -0.1) is 0 Å². The molecule has 1 aromatic rings. The SMILES string of the molecule is N[C@H](C(=O)O)c1cc([N+](=O)[O-])c(Cl)c(Cl)c1O. The molecular weight excluding hydrogens is 275 g/mol. The molecule has 0 fully saturated rings. The van der Waals surface area contributed by atoms with Gasteiger partial charge in [-0.05, 0) is 0 Å². The first-order chi connectivity index (χ1) is 7.77. The standard InChI is InChI=1S/C8H6Cl2N2O5/c9-4-3(12(16)17)1-2(6(11)8(14)15)7(13)5(4)10/h1,6,13H,11H2,(H,14,15)/t6-/m0/s1. The Hall–Kier alpha value is -1.57. The van der Waals surface area contributed by atoms with E-state index in [4.69, 9.17) is 34.0 Å². The normalized spacial score (nSPS) is 12.2. The van der Waals surface area contributed by atoms with Crippen LogP contribution in [0.15, 0.2) is 6.07 Å². The number of nitro groups is 1. The van der Waals surface area contributed by atoms with Crippen LogP contribution < -0.4 is 5.73 Å². The second kappa shape index (κ2) is 4.74. The lowest BCUT2D eigenvalue weighted by atomic mass is 10.1. The molecule has 0 aromatic heterocycles. The Morgan fingerprint density at radius 2 is 2.00 bits per heavy atom. The van der Waals surface area contributed by atoms with Gasteiger partial charge in [0.25, 0.3) is 5.69 Å². The van der Waals surface area contributed by atoms with E-state index < -0.39 is 38.4 Å². The highest BCUT2D eigenvalue weighted by Crippen LogP contribution is 2.42. The molecule has 7 nitrogen and oxygen atoms in total. The highest BCUT2D eigenvalue weighted by atomic mass is 35.5. The summed E-state index contributed by atoms with van der Waals surface area (Å²) in [5.41, 5.74) is 4.24. The number of carboxylic acids is 1. The first-order valence-electron chi connectivity index (χ1n) is 4.11. The van der Waals surface area contributed by atoms with Gasteiger partial charge in [0, 0.05) is 11.6 Å². The largest absolute Gasteiger partial charge is 0.506 e. The summed E-state index contributed by atoms with van der Waals surface area (Å²) < 4.78 is 0. The molecule has 92 valence electrons. The first-order valence-corrected chi connectivity index (χ1v) is 4.86. The summed E-state index contributed by atoms with van der Waals surface area (Å²) in [6.45, 7) is 0. The van der Waals surface area contributed by atoms with Crippen molar-refractivity contribution < 1.29 is 19.9 Å². The van der Waals surface area contributed by atoms with Gasteiger partial charge in [-0.1, -0.05) is 23.2 Å². The number of phenols is 1. The van der Waals surface area contributed by atoms with Crippen LogP contribution in [0.3, 0.4) is 0 Å². The predicted molar refractivity (Wildman–Crippen MR) is 59.3 cm³/mol. The lowest BCUT2D eigenvalue weighted by Gasteiger charge is -2.11. The third kappa shape index (κ3) is 2.41. The maximum atomic E-state index is 10.6. The molecule has 0 unspecified atom stereocenters. The minimum atomic E-state index is -1.64. The van der Waals surface area contributed by atoms with Crippen molar-refractivity contribution in [1.29, 1.82) is 0 Å². The van der Waals surface area contributed by atoms with Crippen LogP contribution in [0.4, 0.5) is 5.69 Å². The third-order valence-electron chi connectivity index (χ3n) is 1.99. The second-order valence-corrected chi connectivity index (χ2v) is 3.79. The highest BCUT2D eigenvalue weighted by Gasteiger charge is 2.27. The molecule has 1 atom stereocenters. The number of nitrogens with zero attached hydrogens (tertiary/aromatic N) is 1. The van der Waals surface area contributed by atoms with E-state index in [1.807, 2.05) is 0 Å². The molecule has 1 rings (SSSR count). The number of phenolic OH excluding ortho intramolecular Hbond substituents is 1. The Morgan fingerprint density at radius 1 is 1.47 bits per heavy atom. The Morgan fingerprint density at radius 3 is 2.41 bits per heavy atom. The van der Waals surface area contributed by atoms with Gasteiger partial charge in [0.15, 0.2) is 0 Å². The van der Waals surface area contributed by atoms with Gasteiger partial charge in [-0.2, -0.15) is 0 Å². The quantitative estimate of drug-likeness (QED) is 0.571. The number of nitrogens with two attached hydrogens (primary N) is 1. The molecule has 0 amide bonds. The van der Waals surface area contributed by atoms with Crippen molar-refractivity contribution in [3.8, 4) is 5.75 Å². The summed E-state index contributed by atoms with van der Waals surface area (Å²) in [5, 5.41) is 27.8. The van der Waals surface area contributed by atoms with Gasteiger partial charge < -0.3 is 15.9 Å². The van der Waals surface area contributed by atoms with Gasteiger partial charge in [-0.3, -0.25) is 14.9 Å². The van der Waals surface area contributed by atoms with Crippen LogP contribution in [0, 0.1) is 10.1 Å². The molecule has 0 radical (unpaired) electrons. The molecule has 0 aliphatic heterocycles. The molecular formula is C8H6Cl2N2O5. The lowest BCUT2D eigenvalue weighted by Crippen LogP contribution is -2.21. The number of halogens is 2. The van der Waals surface area contributed by atoms with Crippen LogP contribution in [-0.4, -0.2) is 21.1 Å². The van der Waals surface area contributed by atoms with Gasteiger partial charge in [0.1, 0.15) is 21.8 Å². The van der Waals surface area contributed by atoms with Crippen LogP contribution in [0.5, 0.6) is 5.75 Å². The summed E-state index contributed by atoms with van der Waals surface area (Å²) in [4.78, 5) is 20.4. The van der Waals surface area contributed by atoms with E-state index in [1.54, 1.807) is 0 Å². The second-order valence-electron chi connectivity index (χ2n) is 3.03. The van der Waals surface area contributed by atoms with E-state index in [2.05, 4.69) is 0 Å². The fraction of sp³-hybridized carbons (Fsp3) is 0.125. The molecule has 9 heteroatoms. The number of carboxylic acid groups (broad SMARTS) is 1. The fourth-order valence-electron chi connectivity index (χ4n) is 1.13. The van der Waals surface area contributed by atoms with Crippen molar-refractivity contribution in [3.63, 3.8) is 0 Å². The zero-order valence-corrected chi connectivity index (χ0v) is 9.57. The van der Waals surface area contributed by atoms with Crippen LogP contribution in [-0.2, 0) is 4.79 Å². The average molecular weight is 281 g/mol. The van der Waals surface area contributed by atoms with Crippen LogP contribution in [0.25, 0.3) is 0 Å². The summed E-state index contributed by atoms with van der Waals surface area (Å²) in [5.74, 6) is -2.15. The topological polar surface area (TPSA) is 127 Å². The molecule has 1 aromatic carbocycles. The molecule has 17 heavy (non-hydrogen) atoms. The summed E-state index contributed by atoms with van der Waals surface area (Å²) in [7, 11) is 0. The van der Waals surface area contributed by atoms with Crippen LogP contribution in [0.2, 0.25) is 10.0 Å². The first kappa shape index (κ1) is 13.5. The van der Waals surface area contributed by atoms with E-state index in [9.17, 15) is 20.0 Å². The molecule has 0 saturated carbocycles. The van der Waals surface area contributed by atoms with Gasteiger partial charge >= 0.3 is 5.97 Å². The minimum absolute atomic E-state index is 0.376. The van der Waals surface area contributed by atoms with Crippen molar-refractivity contribution in [2.24, 2.45) is 5.73 Å². The number of aliphatic carboxylic acids is 1. The Bertz CT molecular complexity index is 505. The maximum absolute atomic E-state index is 10.6. The zero-order valence-electron chi connectivity index (χ0n) is 8.05. The van der Waals surface area contributed by atoms with Crippen LogP contribution >= 0.6 is 23.2 Å². The minimum Gasteiger partial charge on any atom is -0.506 e. The van der Waals surface area contributed by atoms with Crippen molar-refractivity contribution in [2.75, 3.05) is 0 Å². The van der Waals surface area contributed by atoms with Crippen molar-refractivity contribution in [2.45, 2.75) is 6.04 Å². The number of nitro benzene ring substituents is 1. The van der Waals surface area contributed by atoms with Crippen molar-refractivity contribution >= 4 is 34.9 Å². The molecule has 0 spiro atoms. The van der Waals surface area contributed by atoms with Gasteiger partial charge in [-0.25, -0.2) is 0 Å². The summed E-state index contributed by atoms with van der Waals surface area (Å²) in [6, 6.07) is -0.856. The Kier molecular flexibility index (Phi) is 3.76. The number of carbonyl (C=O) groups is 1. The van der Waals surface area contributed by atoms with Crippen molar-refractivity contribution in [1.82, 2.24) is 0 Å². The summed E-state index contributed by atoms with van der Waals surface area (Å²) in [6.07, 6.45) is 0. The molecule has 0 saturated heterocycles. The lowest BCUT2D eigenvalue weighted by molar-refractivity contribution is -0.384. The fourth-order valence-corrected chi connectivity index (χ4v) is 1.54. The number of hydrogen-bond acceptors (Lipinski definition) is 5. The number of rotatable bonds is 3. The average Bonchev–Trinajstić information content (AvgIpc) is 2.24.